The molecule has 0 saturated carbocycles. The third kappa shape index (κ3) is 5.49. The van der Waals surface area contributed by atoms with E-state index in [0.717, 1.165) is 19.5 Å². The molecule has 6 heteroatoms. The number of hydrogen-bond donors (Lipinski definition) is 1. The Balaban J connectivity index is 1.66. The summed E-state index contributed by atoms with van der Waals surface area (Å²) in [6, 6.07) is 10.3. The van der Waals surface area contributed by atoms with E-state index in [1.165, 1.54) is 10.6 Å². The van der Waals surface area contributed by atoms with Crippen LogP contribution in [-0.4, -0.2) is 54.6 Å². The van der Waals surface area contributed by atoms with Gasteiger partial charge in [-0.15, -0.1) is 0 Å². The average molecular weight is 316 g/mol. The predicted molar refractivity (Wildman–Crippen MR) is 89.8 cm³/mol. The van der Waals surface area contributed by atoms with Crippen molar-refractivity contribution in [2.75, 3.05) is 27.2 Å². The predicted octanol–water partition coefficient (Wildman–Crippen LogP) is 1.23. The molecule has 1 aromatic rings. The quantitative estimate of drug-likeness (QED) is 0.770. The first-order chi connectivity index (χ1) is 11.1. The third-order valence-electron chi connectivity index (χ3n) is 3.77. The minimum Gasteiger partial charge on any atom is -0.351 e. The fourth-order valence-electron chi connectivity index (χ4n) is 2.46. The van der Waals surface area contributed by atoms with E-state index in [1.54, 1.807) is 7.05 Å². The van der Waals surface area contributed by atoms with Gasteiger partial charge >= 0.3 is 0 Å². The average Bonchev–Trinajstić information content (AvgIpc) is 2.55. The molecule has 2 rings (SSSR count). The van der Waals surface area contributed by atoms with Crippen LogP contribution in [0.1, 0.15) is 24.8 Å². The Bertz CT molecular complexity index is 571. The highest BCUT2D eigenvalue weighted by Gasteiger charge is 2.21. The molecule has 1 N–H and O–H groups in total. The van der Waals surface area contributed by atoms with Crippen molar-refractivity contribution in [3.8, 4) is 0 Å². The van der Waals surface area contributed by atoms with E-state index in [0.29, 0.717) is 25.1 Å². The number of amides is 2. The fraction of sp³-hybridized carbons (Fsp3) is 0.471. The van der Waals surface area contributed by atoms with E-state index < -0.39 is 0 Å². The number of hydrogen-bond acceptors (Lipinski definition) is 4. The van der Waals surface area contributed by atoms with E-state index in [-0.39, 0.29) is 11.8 Å². The smallest absolute Gasteiger partial charge is 0.267 e. The number of hydrazone groups is 1. The summed E-state index contributed by atoms with van der Waals surface area (Å²) in [7, 11) is 3.65. The number of nitrogens with zero attached hydrogens (tertiary/aromatic N) is 3. The lowest BCUT2D eigenvalue weighted by Crippen LogP contribution is -2.38. The molecular weight excluding hydrogens is 292 g/mol. The van der Waals surface area contributed by atoms with Crippen molar-refractivity contribution < 1.29 is 9.59 Å². The molecule has 1 aromatic carbocycles. The van der Waals surface area contributed by atoms with Crippen LogP contribution in [0.3, 0.4) is 0 Å². The topological polar surface area (TPSA) is 65.0 Å². The van der Waals surface area contributed by atoms with Gasteiger partial charge in [-0.05, 0) is 25.6 Å². The minimum absolute atomic E-state index is 0.0518. The molecule has 0 fully saturated rings. The van der Waals surface area contributed by atoms with Crippen molar-refractivity contribution in [2.45, 2.75) is 25.8 Å². The standard InChI is InChI=1S/C17H24N4O2/c1-20(13-14-7-4-3-5-8-14)12-6-11-18-17(23)15-9-10-16(22)21(2)19-15/h3-5,7-8H,6,9-13H2,1-2H3,(H,18,23). The normalized spacial score (nSPS) is 14.8. The van der Waals surface area contributed by atoms with E-state index in [1.807, 2.05) is 18.2 Å². The molecule has 1 aliphatic rings. The molecule has 1 aliphatic heterocycles. The SMILES string of the molecule is CN(CCCNC(=O)C1=NN(C)C(=O)CC1)Cc1ccccc1. The summed E-state index contributed by atoms with van der Waals surface area (Å²) < 4.78 is 0. The van der Waals surface area contributed by atoms with E-state index in [2.05, 4.69) is 34.5 Å². The van der Waals surface area contributed by atoms with Crippen LogP contribution in [0.25, 0.3) is 0 Å². The van der Waals surface area contributed by atoms with Crippen LogP contribution in [0.5, 0.6) is 0 Å². The van der Waals surface area contributed by atoms with Gasteiger partial charge in [0.15, 0.2) is 0 Å². The molecule has 6 nitrogen and oxygen atoms in total. The summed E-state index contributed by atoms with van der Waals surface area (Å²) in [5.41, 5.74) is 1.72. The van der Waals surface area contributed by atoms with Crippen molar-refractivity contribution >= 4 is 17.5 Å². The van der Waals surface area contributed by atoms with Gasteiger partial charge in [0.1, 0.15) is 5.71 Å². The summed E-state index contributed by atoms with van der Waals surface area (Å²) >= 11 is 0. The van der Waals surface area contributed by atoms with Crippen LogP contribution < -0.4 is 5.32 Å². The molecule has 124 valence electrons. The maximum absolute atomic E-state index is 12.0. The van der Waals surface area contributed by atoms with E-state index in [9.17, 15) is 9.59 Å². The molecule has 0 radical (unpaired) electrons. The van der Waals surface area contributed by atoms with Gasteiger partial charge in [0.05, 0.1) is 0 Å². The van der Waals surface area contributed by atoms with Crippen molar-refractivity contribution in [3.05, 3.63) is 35.9 Å². The zero-order chi connectivity index (χ0) is 16.7. The zero-order valence-corrected chi connectivity index (χ0v) is 13.8. The monoisotopic (exact) mass is 316 g/mol. The minimum atomic E-state index is -0.171. The van der Waals surface area contributed by atoms with Crippen molar-refractivity contribution in [3.63, 3.8) is 0 Å². The Morgan fingerprint density at radius 1 is 1.30 bits per heavy atom. The van der Waals surface area contributed by atoms with Gasteiger partial charge < -0.3 is 10.2 Å². The van der Waals surface area contributed by atoms with Crippen LogP contribution >= 0.6 is 0 Å². The largest absolute Gasteiger partial charge is 0.351 e. The fourth-order valence-corrected chi connectivity index (χ4v) is 2.46. The Hall–Kier alpha value is -2.21. The molecule has 0 aromatic heterocycles. The summed E-state index contributed by atoms with van der Waals surface area (Å²) in [5, 5.41) is 8.13. The van der Waals surface area contributed by atoms with Crippen LogP contribution in [-0.2, 0) is 16.1 Å². The molecule has 0 unspecified atom stereocenters. The third-order valence-corrected chi connectivity index (χ3v) is 3.77. The Labute approximate surface area is 137 Å². The van der Waals surface area contributed by atoms with Crippen LogP contribution in [0.2, 0.25) is 0 Å². The van der Waals surface area contributed by atoms with Crippen molar-refractivity contribution in [2.24, 2.45) is 5.10 Å². The summed E-state index contributed by atoms with van der Waals surface area (Å²) in [6.45, 7) is 2.41. The van der Waals surface area contributed by atoms with Gasteiger partial charge in [0, 0.05) is 33.0 Å². The van der Waals surface area contributed by atoms with Crippen molar-refractivity contribution in [1.29, 1.82) is 0 Å². The lowest BCUT2D eigenvalue weighted by Gasteiger charge is -2.19. The lowest BCUT2D eigenvalue weighted by molar-refractivity contribution is -0.130. The van der Waals surface area contributed by atoms with Gasteiger partial charge in [-0.25, -0.2) is 5.01 Å². The summed E-state index contributed by atoms with van der Waals surface area (Å²) in [4.78, 5) is 25.5. The summed E-state index contributed by atoms with van der Waals surface area (Å²) in [6.07, 6.45) is 1.64. The molecule has 2 amide bonds. The molecule has 1 heterocycles. The van der Waals surface area contributed by atoms with E-state index in [4.69, 9.17) is 0 Å². The highest BCUT2D eigenvalue weighted by Crippen LogP contribution is 2.07. The number of nitrogens with one attached hydrogen (secondary N) is 1. The van der Waals surface area contributed by atoms with Crippen molar-refractivity contribution in [1.82, 2.24) is 15.2 Å². The zero-order valence-electron chi connectivity index (χ0n) is 13.8. The highest BCUT2D eigenvalue weighted by atomic mass is 16.2. The maximum Gasteiger partial charge on any atom is 0.267 e. The molecular formula is C17H24N4O2. The molecule has 0 spiro atoms. The second-order valence-electron chi connectivity index (χ2n) is 5.80. The number of carbonyl (C=O) groups excluding carboxylic acids is 2. The molecule has 0 atom stereocenters. The first-order valence-electron chi connectivity index (χ1n) is 7.91. The lowest BCUT2D eigenvalue weighted by atomic mass is 10.1. The van der Waals surface area contributed by atoms with Gasteiger partial charge in [0.2, 0.25) is 5.91 Å². The van der Waals surface area contributed by atoms with Gasteiger partial charge in [-0.2, -0.15) is 5.10 Å². The molecule has 23 heavy (non-hydrogen) atoms. The number of carbonyl (C=O) groups is 2. The first kappa shape index (κ1) is 17.1. The number of rotatable bonds is 7. The van der Waals surface area contributed by atoms with Crippen LogP contribution in [0, 0.1) is 0 Å². The van der Waals surface area contributed by atoms with Crippen LogP contribution in [0.15, 0.2) is 35.4 Å². The number of benzene rings is 1. The Morgan fingerprint density at radius 3 is 2.74 bits per heavy atom. The summed E-state index contributed by atoms with van der Waals surface area (Å²) in [5.74, 6) is -0.223. The van der Waals surface area contributed by atoms with E-state index >= 15 is 0 Å². The Kier molecular flexibility index (Phi) is 6.29. The van der Waals surface area contributed by atoms with Gasteiger partial charge in [-0.1, -0.05) is 30.3 Å². The second-order valence-corrected chi connectivity index (χ2v) is 5.80. The highest BCUT2D eigenvalue weighted by molar-refractivity contribution is 6.39. The maximum atomic E-state index is 12.0. The molecule has 0 aliphatic carbocycles. The molecule has 0 saturated heterocycles. The first-order valence-corrected chi connectivity index (χ1v) is 7.91. The second kappa shape index (κ2) is 8.43. The Morgan fingerprint density at radius 2 is 2.04 bits per heavy atom. The van der Waals surface area contributed by atoms with Crippen LogP contribution in [0.4, 0.5) is 0 Å². The van der Waals surface area contributed by atoms with Gasteiger partial charge in [-0.3, -0.25) is 9.59 Å². The molecule has 0 bridgehead atoms. The van der Waals surface area contributed by atoms with Gasteiger partial charge in [0.25, 0.3) is 5.91 Å².